The molecule has 0 radical (unpaired) electrons. The number of benzene rings is 3. The maximum Gasteiger partial charge on any atom is 0.271 e. The summed E-state index contributed by atoms with van der Waals surface area (Å²) in [6, 6.07) is 18.8. The number of nitrogens with zero attached hydrogens (tertiary/aromatic N) is 3. The first-order valence-corrected chi connectivity index (χ1v) is 11.6. The fourth-order valence-corrected chi connectivity index (χ4v) is 5.00. The summed E-state index contributed by atoms with van der Waals surface area (Å²) in [4.78, 5) is 22.8. The minimum Gasteiger partial charge on any atom is -0.267 e. The number of aromatic nitrogens is 1. The molecule has 0 fully saturated rings. The van der Waals surface area contributed by atoms with Crippen molar-refractivity contribution in [1.29, 1.82) is 0 Å². The zero-order valence-electron chi connectivity index (χ0n) is 18.3. The predicted octanol–water partition coefficient (Wildman–Crippen LogP) is 4.25. The lowest BCUT2D eigenvalue weighted by Crippen LogP contribution is -2.20. The molecule has 34 heavy (non-hydrogen) atoms. The van der Waals surface area contributed by atoms with Crippen LogP contribution in [-0.2, 0) is 10.0 Å². The van der Waals surface area contributed by atoms with Gasteiger partial charge in [-0.3, -0.25) is 14.9 Å². The van der Waals surface area contributed by atoms with E-state index in [2.05, 4.69) is 10.5 Å². The van der Waals surface area contributed by atoms with Crippen LogP contribution in [0.4, 0.5) is 5.69 Å². The van der Waals surface area contributed by atoms with Gasteiger partial charge in [0.05, 0.1) is 21.0 Å². The maximum atomic E-state index is 13.4. The average molecular weight is 477 g/mol. The molecule has 0 unspecified atom stereocenters. The van der Waals surface area contributed by atoms with Crippen LogP contribution in [0.5, 0.6) is 0 Å². The molecule has 0 aliphatic heterocycles. The van der Waals surface area contributed by atoms with Crippen LogP contribution < -0.4 is 5.43 Å². The Morgan fingerprint density at radius 2 is 1.71 bits per heavy atom. The number of rotatable bonds is 6. The topological polar surface area (TPSA) is 124 Å². The molecule has 9 nitrogen and oxygen atoms in total. The van der Waals surface area contributed by atoms with Crippen molar-refractivity contribution < 1.29 is 18.1 Å². The minimum absolute atomic E-state index is 0.212. The van der Waals surface area contributed by atoms with Gasteiger partial charge in [0.15, 0.2) is 0 Å². The maximum absolute atomic E-state index is 13.4. The summed E-state index contributed by atoms with van der Waals surface area (Å²) < 4.78 is 27.8. The lowest BCUT2D eigenvalue weighted by molar-refractivity contribution is -0.385. The first kappa shape index (κ1) is 22.9. The molecular formula is C24H20N4O5S. The molecule has 0 atom stereocenters. The summed E-state index contributed by atoms with van der Waals surface area (Å²) in [5, 5.41) is 15.9. The molecule has 1 aromatic heterocycles. The number of hydrogen-bond donors (Lipinski definition) is 1. The Balaban J connectivity index is 1.76. The summed E-state index contributed by atoms with van der Waals surface area (Å²) in [6.07, 6.45) is 1.40. The molecule has 0 saturated carbocycles. The highest BCUT2D eigenvalue weighted by atomic mass is 32.2. The van der Waals surface area contributed by atoms with Crippen LogP contribution in [0.3, 0.4) is 0 Å². The van der Waals surface area contributed by atoms with E-state index in [1.54, 1.807) is 43.3 Å². The van der Waals surface area contributed by atoms with Crippen LogP contribution >= 0.6 is 0 Å². The van der Waals surface area contributed by atoms with Crippen LogP contribution in [0.25, 0.3) is 10.9 Å². The SMILES string of the molecule is C/C(=N\NC(=O)c1ccccc1C)c1cn(S(=O)(=O)c2cccc([N+](=O)[O-])c2)c2ccccc12. The second-order valence-corrected chi connectivity index (χ2v) is 9.38. The number of carbonyl (C=O) groups is 1. The predicted molar refractivity (Wildman–Crippen MR) is 128 cm³/mol. The summed E-state index contributed by atoms with van der Waals surface area (Å²) in [6.45, 7) is 3.47. The third-order valence-corrected chi connectivity index (χ3v) is 7.04. The number of hydrazone groups is 1. The highest BCUT2D eigenvalue weighted by Crippen LogP contribution is 2.28. The van der Waals surface area contributed by atoms with E-state index in [1.165, 1.54) is 24.4 Å². The van der Waals surface area contributed by atoms with Gasteiger partial charge in [0.1, 0.15) is 0 Å². The van der Waals surface area contributed by atoms with Crippen molar-refractivity contribution in [3.05, 3.63) is 106 Å². The number of nitrogens with one attached hydrogen (secondary N) is 1. The van der Waals surface area contributed by atoms with Gasteiger partial charge in [0.2, 0.25) is 0 Å². The standard InChI is InChI=1S/C24H20N4O5S/c1-16-8-3-4-11-20(16)24(29)26-25-17(2)22-15-27(23-13-6-5-12-21(22)23)34(32,33)19-10-7-9-18(14-19)28(30)31/h3-15H,1-2H3,(H,26,29)/b25-17+. The Kier molecular flexibility index (Phi) is 5.99. The van der Waals surface area contributed by atoms with Crippen molar-refractivity contribution in [2.24, 2.45) is 5.10 Å². The number of carbonyl (C=O) groups excluding carboxylic acids is 1. The first-order chi connectivity index (χ1) is 16.2. The van der Waals surface area contributed by atoms with Gasteiger partial charge in [0.25, 0.3) is 21.6 Å². The smallest absolute Gasteiger partial charge is 0.267 e. The summed E-state index contributed by atoms with van der Waals surface area (Å²) >= 11 is 0. The van der Waals surface area contributed by atoms with Gasteiger partial charge in [-0.2, -0.15) is 5.10 Å². The van der Waals surface area contributed by atoms with Crippen LogP contribution in [0.1, 0.15) is 28.4 Å². The van der Waals surface area contributed by atoms with E-state index in [9.17, 15) is 23.3 Å². The highest BCUT2D eigenvalue weighted by Gasteiger charge is 2.24. The summed E-state index contributed by atoms with van der Waals surface area (Å²) in [7, 11) is -4.14. The van der Waals surface area contributed by atoms with Crippen LogP contribution in [0, 0.1) is 17.0 Å². The zero-order valence-corrected chi connectivity index (χ0v) is 19.1. The average Bonchev–Trinajstić information content (AvgIpc) is 3.23. The van der Waals surface area contributed by atoms with E-state index in [4.69, 9.17) is 0 Å². The zero-order chi connectivity index (χ0) is 24.5. The Bertz CT molecular complexity index is 1570. The fourth-order valence-electron chi connectivity index (χ4n) is 3.59. The molecule has 172 valence electrons. The van der Waals surface area contributed by atoms with Gasteiger partial charge in [0, 0.05) is 34.8 Å². The van der Waals surface area contributed by atoms with E-state index in [1.807, 2.05) is 19.1 Å². The number of aryl methyl sites for hydroxylation is 1. The van der Waals surface area contributed by atoms with Crippen molar-refractivity contribution in [3.8, 4) is 0 Å². The number of nitro groups is 1. The molecule has 1 amide bonds. The molecule has 3 aromatic carbocycles. The second kappa shape index (κ2) is 8.91. The molecular weight excluding hydrogens is 456 g/mol. The van der Waals surface area contributed by atoms with Crippen molar-refractivity contribution in [2.45, 2.75) is 18.7 Å². The fraction of sp³-hybridized carbons (Fsp3) is 0.0833. The molecule has 0 aliphatic carbocycles. The van der Waals surface area contributed by atoms with E-state index in [-0.39, 0.29) is 16.5 Å². The quantitative estimate of drug-likeness (QED) is 0.253. The monoisotopic (exact) mass is 476 g/mol. The number of amides is 1. The lowest BCUT2D eigenvalue weighted by atomic mass is 10.1. The Morgan fingerprint density at radius 1 is 1.00 bits per heavy atom. The molecule has 4 rings (SSSR count). The lowest BCUT2D eigenvalue weighted by Gasteiger charge is -2.07. The Hall–Kier alpha value is -4.31. The van der Waals surface area contributed by atoms with Gasteiger partial charge >= 0.3 is 0 Å². The normalized spacial score (nSPS) is 12.0. The Labute approximate surface area is 195 Å². The molecule has 0 spiro atoms. The van der Waals surface area contributed by atoms with E-state index >= 15 is 0 Å². The third-order valence-electron chi connectivity index (χ3n) is 5.37. The van der Waals surface area contributed by atoms with E-state index in [0.717, 1.165) is 15.6 Å². The second-order valence-electron chi connectivity index (χ2n) is 7.57. The number of para-hydroxylation sites is 1. The highest BCUT2D eigenvalue weighted by molar-refractivity contribution is 7.90. The number of nitro benzene ring substituents is 1. The minimum atomic E-state index is -4.14. The number of fused-ring (bicyclic) bond motifs is 1. The third kappa shape index (κ3) is 4.18. The van der Waals surface area contributed by atoms with Crippen molar-refractivity contribution >= 4 is 38.2 Å². The van der Waals surface area contributed by atoms with Gasteiger partial charge in [-0.05, 0) is 37.6 Å². The van der Waals surface area contributed by atoms with Crippen molar-refractivity contribution in [2.75, 3.05) is 0 Å². The molecule has 0 bridgehead atoms. The van der Waals surface area contributed by atoms with Crippen molar-refractivity contribution in [3.63, 3.8) is 0 Å². The van der Waals surface area contributed by atoms with Crippen molar-refractivity contribution in [1.82, 2.24) is 9.40 Å². The Morgan fingerprint density at radius 3 is 2.44 bits per heavy atom. The number of hydrogen-bond acceptors (Lipinski definition) is 6. The molecule has 0 saturated heterocycles. The largest absolute Gasteiger partial charge is 0.271 e. The molecule has 10 heteroatoms. The van der Waals surface area contributed by atoms with Gasteiger partial charge < -0.3 is 0 Å². The van der Waals surface area contributed by atoms with Gasteiger partial charge in [-0.25, -0.2) is 17.8 Å². The summed E-state index contributed by atoms with van der Waals surface area (Å²) in [5.74, 6) is -0.384. The molecule has 1 heterocycles. The first-order valence-electron chi connectivity index (χ1n) is 10.2. The van der Waals surface area contributed by atoms with E-state index < -0.39 is 14.9 Å². The van der Waals surface area contributed by atoms with Crippen LogP contribution in [-0.4, -0.2) is 28.9 Å². The summed E-state index contributed by atoms with van der Waals surface area (Å²) in [5.41, 5.74) is 4.74. The molecule has 0 aliphatic rings. The van der Waals surface area contributed by atoms with Crippen LogP contribution in [0.15, 0.2) is 89.0 Å². The molecule has 1 N–H and O–H groups in total. The van der Waals surface area contributed by atoms with Crippen LogP contribution in [0.2, 0.25) is 0 Å². The van der Waals surface area contributed by atoms with Gasteiger partial charge in [-0.15, -0.1) is 0 Å². The van der Waals surface area contributed by atoms with Gasteiger partial charge in [-0.1, -0.05) is 42.5 Å². The number of non-ortho nitro benzene ring substituents is 1. The van der Waals surface area contributed by atoms with E-state index in [0.29, 0.717) is 27.7 Å². The molecule has 4 aromatic rings.